The number of allylic oxidation sites excluding steroid dienone is 2. The largest absolute Gasteiger partial charge is 0.432 e. The number of nitrogens with zero attached hydrogens (tertiary/aromatic N) is 1. The summed E-state index contributed by atoms with van der Waals surface area (Å²) in [5.41, 5.74) is -2.34. The van der Waals surface area contributed by atoms with Crippen molar-refractivity contribution in [3.63, 3.8) is 0 Å². The summed E-state index contributed by atoms with van der Waals surface area (Å²) in [6, 6.07) is 3.82. The molecule has 0 saturated heterocycles. The highest BCUT2D eigenvalue weighted by Gasteiger charge is 2.33. The van der Waals surface area contributed by atoms with Crippen LogP contribution in [0.3, 0.4) is 0 Å². The lowest BCUT2D eigenvalue weighted by Gasteiger charge is -2.20. The van der Waals surface area contributed by atoms with Gasteiger partial charge in [0.25, 0.3) is 0 Å². The lowest BCUT2D eigenvalue weighted by atomic mass is 10.1. The van der Waals surface area contributed by atoms with Crippen LogP contribution in [0.2, 0.25) is 0 Å². The van der Waals surface area contributed by atoms with Gasteiger partial charge in [0.2, 0.25) is 0 Å². The van der Waals surface area contributed by atoms with E-state index in [1.807, 2.05) is 0 Å². The van der Waals surface area contributed by atoms with Gasteiger partial charge in [-0.3, -0.25) is 10.4 Å². The first-order valence-electron chi connectivity index (χ1n) is 7.40. The van der Waals surface area contributed by atoms with E-state index in [1.165, 1.54) is 6.21 Å². The summed E-state index contributed by atoms with van der Waals surface area (Å²) in [7, 11) is 0. The Morgan fingerprint density at radius 1 is 1.19 bits per heavy atom. The van der Waals surface area contributed by atoms with Gasteiger partial charge < -0.3 is 10.6 Å². The number of nitrogens with one attached hydrogen (secondary N) is 3. The van der Waals surface area contributed by atoms with E-state index in [2.05, 4.69) is 31.6 Å². The van der Waals surface area contributed by atoms with Crippen LogP contribution >= 0.6 is 15.9 Å². The van der Waals surface area contributed by atoms with Gasteiger partial charge in [0.05, 0.1) is 10.0 Å². The minimum atomic E-state index is -4.85. The molecule has 146 valence electrons. The SMILES string of the molecule is N=C(/C=C(/CC1N=CC(Br)=CN1)Nc1ccc(C(F)(F)F)cc1)C(F)(F)F. The molecule has 0 amide bonds. The highest BCUT2D eigenvalue weighted by Crippen LogP contribution is 2.30. The van der Waals surface area contributed by atoms with Gasteiger partial charge in [0.15, 0.2) is 0 Å². The third-order valence-electron chi connectivity index (χ3n) is 3.35. The zero-order chi connectivity index (χ0) is 20.2. The molecule has 3 N–H and O–H groups in total. The number of benzene rings is 1. The first kappa shape index (κ1) is 21.0. The molecule has 11 heteroatoms. The quantitative estimate of drug-likeness (QED) is 0.422. The molecule has 2 rings (SSSR count). The van der Waals surface area contributed by atoms with Crippen molar-refractivity contribution in [3.8, 4) is 0 Å². The van der Waals surface area contributed by atoms with Gasteiger partial charge in [0.1, 0.15) is 11.9 Å². The number of hydrogen-bond acceptors (Lipinski definition) is 4. The smallest absolute Gasteiger partial charge is 0.368 e. The fraction of sp³-hybridized carbons (Fsp3) is 0.250. The number of hydrogen-bond donors (Lipinski definition) is 3. The molecule has 1 atom stereocenters. The Hall–Kier alpha value is -2.30. The summed E-state index contributed by atoms with van der Waals surface area (Å²) in [5.74, 6) is 0. The molecule has 1 heterocycles. The molecule has 1 aromatic carbocycles. The monoisotopic (exact) mass is 454 g/mol. The van der Waals surface area contributed by atoms with Crippen molar-refractivity contribution in [3.05, 3.63) is 52.3 Å². The van der Waals surface area contributed by atoms with Crippen LogP contribution in [0.1, 0.15) is 12.0 Å². The number of alkyl halides is 6. The van der Waals surface area contributed by atoms with Crippen molar-refractivity contribution >= 4 is 33.5 Å². The average molecular weight is 455 g/mol. The van der Waals surface area contributed by atoms with E-state index in [4.69, 9.17) is 5.41 Å². The zero-order valence-corrected chi connectivity index (χ0v) is 15.0. The fourth-order valence-electron chi connectivity index (χ4n) is 2.07. The van der Waals surface area contributed by atoms with Gasteiger partial charge in [-0.1, -0.05) is 0 Å². The Morgan fingerprint density at radius 3 is 2.30 bits per heavy atom. The standard InChI is InChI=1S/C16H13BrF6N4/c17-10-7-25-14(26-8-10)6-12(5-13(24)16(21,22)23)27-11-3-1-9(2-4-11)15(18,19)20/h1-5,7-8,14,24-25,27H,6H2/b12-5-,24-13?. The first-order chi connectivity index (χ1) is 12.4. The van der Waals surface area contributed by atoms with Crippen LogP contribution < -0.4 is 10.6 Å². The molecule has 0 aliphatic carbocycles. The highest BCUT2D eigenvalue weighted by molar-refractivity contribution is 9.12. The predicted octanol–water partition coefficient (Wildman–Crippen LogP) is 5.21. The lowest BCUT2D eigenvalue weighted by Crippen LogP contribution is -2.28. The maximum absolute atomic E-state index is 12.7. The van der Waals surface area contributed by atoms with Gasteiger partial charge in [0, 0.05) is 30.2 Å². The number of anilines is 1. The third kappa shape index (κ3) is 6.42. The van der Waals surface area contributed by atoms with Crippen LogP contribution in [-0.4, -0.2) is 24.3 Å². The second-order valence-corrected chi connectivity index (χ2v) is 6.39. The van der Waals surface area contributed by atoms with Crippen molar-refractivity contribution in [2.45, 2.75) is 24.9 Å². The topological polar surface area (TPSA) is 60.3 Å². The van der Waals surface area contributed by atoms with Gasteiger partial charge in [-0.2, -0.15) is 26.3 Å². The van der Waals surface area contributed by atoms with E-state index in [-0.39, 0.29) is 17.8 Å². The fourth-order valence-corrected chi connectivity index (χ4v) is 2.32. The maximum Gasteiger partial charge on any atom is 0.432 e. The molecule has 0 spiro atoms. The minimum absolute atomic E-state index is 0.0295. The Kier molecular flexibility index (Phi) is 6.34. The zero-order valence-electron chi connectivity index (χ0n) is 13.4. The molecule has 0 fully saturated rings. The number of halogens is 7. The molecular formula is C16H13BrF6N4. The van der Waals surface area contributed by atoms with E-state index in [0.29, 0.717) is 10.6 Å². The summed E-state index contributed by atoms with van der Waals surface area (Å²) in [4.78, 5) is 4.08. The average Bonchev–Trinajstić information content (AvgIpc) is 2.55. The molecule has 1 unspecified atom stereocenters. The lowest BCUT2D eigenvalue weighted by molar-refractivity contribution is -0.137. The molecule has 0 aromatic heterocycles. The van der Waals surface area contributed by atoms with Crippen LogP contribution in [0.15, 0.2) is 51.7 Å². The van der Waals surface area contributed by atoms with Crippen molar-refractivity contribution < 1.29 is 26.3 Å². The molecule has 1 aliphatic heterocycles. The maximum atomic E-state index is 12.7. The summed E-state index contributed by atoms with van der Waals surface area (Å²) in [5, 5.41) is 12.6. The second-order valence-electron chi connectivity index (χ2n) is 5.48. The molecule has 1 aliphatic rings. The van der Waals surface area contributed by atoms with Crippen LogP contribution in [0.5, 0.6) is 0 Å². The van der Waals surface area contributed by atoms with Crippen LogP contribution in [0.25, 0.3) is 0 Å². The van der Waals surface area contributed by atoms with Crippen LogP contribution in [-0.2, 0) is 6.18 Å². The van der Waals surface area contributed by atoms with Crippen molar-refractivity contribution in [2.75, 3.05) is 5.32 Å². The van der Waals surface area contributed by atoms with Gasteiger partial charge in [-0.05, 0) is 46.3 Å². The molecule has 0 radical (unpaired) electrons. The Labute approximate surface area is 158 Å². The van der Waals surface area contributed by atoms with Crippen molar-refractivity contribution in [1.82, 2.24) is 5.32 Å². The van der Waals surface area contributed by atoms with Crippen LogP contribution in [0, 0.1) is 5.41 Å². The van der Waals surface area contributed by atoms with Gasteiger partial charge in [-0.25, -0.2) is 0 Å². The van der Waals surface area contributed by atoms with Crippen molar-refractivity contribution in [2.24, 2.45) is 4.99 Å². The minimum Gasteiger partial charge on any atom is -0.368 e. The van der Waals surface area contributed by atoms with E-state index in [0.717, 1.165) is 24.3 Å². The predicted molar refractivity (Wildman–Crippen MR) is 94.0 cm³/mol. The van der Waals surface area contributed by atoms with Gasteiger partial charge >= 0.3 is 12.4 Å². The number of aliphatic imine (C=N–C) groups is 1. The molecule has 27 heavy (non-hydrogen) atoms. The molecular weight excluding hydrogens is 442 g/mol. The molecule has 0 bridgehead atoms. The van der Waals surface area contributed by atoms with E-state index in [9.17, 15) is 26.3 Å². The summed E-state index contributed by atoms with van der Waals surface area (Å²) >= 11 is 3.17. The number of rotatable bonds is 5. The molecule has 4 nitrogen and oxygen atoms in total. The normalized spacial score (nSPS) is 18.0. The molecule has 1 aromatic rings. The molecule has 0 saturated carbocycles. The van der Waals surface area contributed by atoms with Crippen molar-refractivity contribution in [1.29, 1.82) is 5.41 Å². The highest BCUT2D eigenvalue weighted by atomic mass is 79.9. The summed E-state index contributed by atoms with van der Waals surface area (Å²) < 4.78 is 76.5. The first-order valence-corrected chi connectivity index (χ1v) is 8.20. The second kappa shape index (κ2) is 8.15. The Morgan fingerprint density at radius 2 is 1.81 bits per heavy atom. The van der Waals surface area contributed by atoms with E-state index < -0.39 is 29.8 Å². The van der Waals surface area contributed by atoms with E-state index in [1.54, 1.807) is 6.20 Å². The summed E-state index contributed by atoms with van der Waals surface area (Å²) in [6.07, 6.45) is -6.40. The Balaban J connectivity index is 2.20. The third-order valence-corrected chi connectivity index (χ3v) is 3.78. The van der Waals surface area contributed by atoms with Crippen LogP contribution in [0.4, 0.5) is 32.0 Å². The Bertz CT molecular complexity index is 778. The van der Waals surface area contributed by atoms with Gasteiger partial charge in [-0.15, -0.1) is 0 Å². The summed E-state index contributed by atoms with van der Waals surface area (Å²) in [6.45, 7) is 0. The van der Waals surface area contributed by atoms with E-state index >= 15 is 0 Å².